The van der Waals surface area contributed by atoms with Gasteiger partial charge in [0.1, 0.15) is 0 Å². The van der Waals surface area contributed by atoms with Crippen molar-refractivity contribution in [2.45, 2.75) is 45.2 Å². The van der Waals surface area contributed by atoms with Gasteiger partial charge in [-0.1, -0.05) is 5.16 Å². The van der Waals surface area contributed by atoms with Crippen LogP contribution in [-0.4, -0.2) is 34.6 Å². The Hall–Kier alpha value is -1.36. The van der Waals surface area contributed by atoms with Crippen molar-refractivity contribution in [3.05, 3.63) is 17.5 Å². The van der Waals surface area contributed by atoms with E-state index in [1.165, 1.54) is 0 Å². The highest BCUT2D eigenvalue weighted by Crippen LogP contribution is 2.24. The Bertz CT molecular complexity index is 402. The number of hydrogen-bond donors (Lipinski definition) is 1. The molecule has 94 valence electrons. The van der Waals surface area contributed by atoms with Crippen LogP contribution >= 0.6 is 0 Å². The van der Waals surface area contributed by atoms with Crippen LogP contribution in [0.3, 0.4) is 0 Å². The van der Waals surface area contributed by atoms with Gasteiger partial charge < -0.3 is 15.2 Å². The molecule has 1 aromatic rings. The van der Waals surface area contributed by atoms with Crippen molar-refractivity contribution in [2.24, 2.45) is 5.73 Å². The number of carbonyl (C=O) groups excluding carboxylic acids is 1. The van der Waals surface area contributed by atoms with E-state index in [4.69, 9.17) is 10.3 Å². The molecule has 0 radical (unpaired) electrons. The number of piperidine rings is 1. The first-order chi connectivity index (χ1) is 8.13. The maximum Gasteiger partial charge on any atom is 0.293 e. The van der Waals surface area contributed by atoms with E-state index in [9.17, 15) is 4.79 Å². The molecular formula is C12H19N3O2. The highest BCUT2D eigenvalue weighted by molar-refractivity contribution is 5.92. The molecule has 1 aromatic heterocycles. The van der Waals surface area contributed by atoms with Crippen LogP contribution in [0.25, 0.3) is 0 Å². The Morgan fingerprint density at radius 1 is 1.65 bits per heavy atom. The van der Waals surface area contributed by atoms with Crippen molar-refractivity contribution < 1.29 is 9.32 Å². The van der Waals surface area contributed by atoms with E-state index in [2.05, 4.69) is 12.1 Å². The topological polar surface area (TPSA) is 72.4 Å². The molecule has 17 heavy (non-hydrogen) atoms. The zero-order valence-corrected chi connectivity index (χ0v) is 10.3. The summed E-state index contributed by atoms with van der Waals surface area (Å²) in [5, 5.41) is 3.75. The smallest absolute Gasteiger partial charge is 0.293 e. The number of hydrogen-bond acceptors (Lipinski definition) is 4. The van der Waals surface area contributed by atoms with Gasteiger partial charge in [-0.3, -0.25) is 4.79 Å². The van der Waals surface area contributed by atoms with Gasteiger partial charge in [-0.25, -0.2) is 0 Å². The Balaban J connectivity index is 2.21. The lowest BCUT2D eigenvalue weighted by molar-refractivity contribution is 0.0453. The molecule has 0 bridgehead atoms. The number of nitrogens with two attached hydrogens (primary N) is 1. The highest BCUT2D eigenvalue weighted by Gasteiger charge is 2.33. The number of likely N-dealkylation sites (tertiary alicyclic amines) is 1. The van der Waals surface area contributed by atoms with E-state index >= 15 is 0 Å². The van der Waals surface area contributed by atoms with E-state index in [0.717, 1.165) is 25.0 Å². The lowest BCUT2D eigenvalue weighted by atomic mass is 9.96. The molecule has 1 aliphatic rings. The average molecular weight is 237 g/mol. The molecule has 2 heterocycles. The van der Waals surface area contributed by atoms with Gasteiger partial charge in [0, 0.05) is 24.7 Å². The van der Waals surface area contributed by atoms with Crippen LogP contribution in [0, 0.1) is 6.92 Å². The molecule has 1 fully saturated rings. The van der Waals surface area contributed by atoms with Gasteiger partial charge in [-0.05, 0) is 33.1 Å². The minimum absolute atomic E-state index is 0.0896. The van der Waals surface area contributed by atoms with Crippen LogP contribution in [0.5, 0.6) is 0 Å². The minimum atomic E-state index is -0.0896. The summed E-state index contributed by atoms with van der Waals surface area (Å²) in [5.74, 6) is 0.225. The van der Waals surface area contributed by atoms with Crippen LogP contribution in [0.1, 0.15) is 42.4 Å². The summed E-state index contributed by atoms with van der Waals surface area (Å²) in [6.07, 6.45) is 3.12. The number of nitrogens with zero attached hydrogens (tertiary/aromatic N) is 2. The molecule has 0 saturated carbocycles. The third-order valence-corrected chi connectivity index (χ3v) is 3.37. The maximum absolute atomic E-state index is 12.3. The summed E-state index contributed by atoms with van der Waals surface area (Å²) >= 11 is 0. The van der Waals surface area contributed by atoms with Crippen LogP contribution < -0.4 is 5.73 Å². The molecule has 2 atom stereocenters. The molecule has 2 N–H and O–H groups in total. The summed E-state index contributed by atoms with van der Waals surface area (Å²) < 4.78 is 5.04. The van der Waals surface area contributed by atoms with Gasteiger partial charge in [0.15, 0.2) is 0 Å². The summed E-state index contributed by atoms with van der Waals surface area (Å²) in [6.45, 7) is 4.37. The molecule has 5 heteroatoms. The summed E-state index contributed by atoms with van der Waals surface area (Å²) in [6, 6.07) is 2.02. The fourth-order valence-corrected chi connectivity index (χ4v) is 2.48. The van der Waals surface area contributed by atoms with Crippen molar-refractivity contribution >= 4 is 5.91 Å². The predicted molar refractivity (Wildman–Crippen MR) is 63.6 cm³/mol. The van der Waals surface area contributed by atoms with Crippen molar-refractivity contribution in [1.82, 2.24) is 10.1 Å². The lowest BCUT2D eigenvalue weighted by Gasteiger charge is -2.39. The normalized spacial score (nSPS) is 25.0. The van der Waals surface area contributed by atoms with Crippen molar-refractivity contribution in [3.8, 4) is 0 Å². The van der Waals surface area contributed by atoms with Gasteiger partial charge in [0.05, 0.1) is 5.69 Å². The third kappa shape index (κ3) is 2.34. The average Bonchev–Trinajstić information content (AvgIpc) is 2.74. The monoisotopic (exact) mass is 237 g/mol. The summed E-state index contributed by atoms with van der Waals surface area (Å²) in [4.78, 5) is 14.2. The molecule has 5 nitrogen and oxygen atoms in total. The second-order valence-corrected chi connectivity index (χ2v) is 4.71. The van der Waals surface area contributed by atoms with Gasteiger partial charge in [0.2, 0.25) is 5.76 Å². The van der Waals surface area contributed by atoms with E-state index < -0.39 is 0 Å². The van der Waals surface area contributed by atoms with E-state index in [1.54, 1.807) is 13.0 Å². The largest absolute Gasteiger partial charge is 0.351 e. The van der Waals surface area contributed by atoms with Crippen LogP contribution in [0.2, 0.25) is 0 Å². The predicted octanol–water partition coefficient (Wildman–Crippen LogP) is 1.32. The summed E-state index contributed by atoms with van der Waals surface area (Å²) in [5.41, 5.74) is 6.46. The lowest BCUT2D eigenvalue weighted by Crippen LogP contribution is -2.51. The number of amides is 1. The van der Waals surface area contributed by atoms with Crippen LogP contribution in [0.15, 0.2) is 10.6 Å². The van der Waals surface area contributed by atoms with Gasteiger partial charge in [-0.15, -0.1) is 0 Å². The highest BCUT2D eigenvalue weighted by atomic mass is 16.5. The zero-order valence-electron chi connectivity index (χ0n) is 10.3. The fourth-order valence-electron chi connectivity index (χ4n) is 2.48. The number of carbonyl (C=O) groups is 1. The first-order valence-corrected chi connectivity index (χ1v) is 6.09. The number of rotatable bonds is 2. The molecule has 1 amide bonds. The van der Waals surface area contributed by atoms with Gasteiger partial charge in [-0.2, -0.15) is 0 Å². The Kier molecular flexibility index (Phi) is 3.47. The Labute approximate surface area is 101 Å². The molecule has 1 saturated heterocycles. The molecule has 1 aliphatic heterocycles. The van der Waals surface area contributed by atoms with Gasteiger partial charge >= 0.3 is 0 Å². The molecular weight excluding hydrogens is 218 g/mol. The summed E-state index contributed by atoms with van der Waals surface area (Å²) in [7, 11) is 0. The third-order valence-electron chi connectivity index (χ3n) is 3.37. The van der Waals surface area contributed by atoms with Gasteiger partial charge in [0.25, 0.3) is 5.91 Å². The Morgan fingerprint density at radius 2 is 2.41 bits per heavy atom. The van der Waals surface area contributed by atoms with E-state index in [-0.39, 0.29) is 18.0 Å². The molecule has 0 aromatic carbocycles. The fraction of sp³-hybridized carbons (Fsp3) is 0.667. The maximum atomic E-state index is 12.3. The van der Waals surface area contributed by atoms with Crippen molar-refractivity contribution in [1.29, 1.82) is 0 Å². The molecule has 2 rings (SSSR count). The van der Waals surface area contributed by atoms with E-state index in [0.29, 0.717) is 12.3 Å². The number of aromatic nitrogens is 1. The quantitative estimate of drug-likeness (QED) is 0.842. The zero-order chi connectivity index (χ0) is 12.4. The first kappa shape index (κ1) is 12.1. The second-order valence-electron chi connectivity index (χ2n) is 4.71. The second kappa shape index (κ2) is 4.87. The molecule has 0 spiro atoms. The van der Waals surface area contributed by atoms with Crippen LogP contribution in [0.4, 0.5) is 0 Å². The van der Waals surface area contributed by atoms with Crippen molar-refractivity contribution in [3.63, 3.8) is 0 Å². The molecule has 0 aliphatic carbocycles. The standard InChI is InChI=1S/C12H19N3O2/c1-8-6-11(17-14-8)12(16)15-9(2)4-3-5-10(15)7-13/h6,9-10H,3-5,7,13H2,1-2H3. The SMILES string of the molecule is Cc1cc(C(=O)N2C(C)CCCC2CN)on1. The molecule has 2 unspecified atom stereocenters. The Morgan fingerprint density at radius 3 is 3.00 bits per heavy atom. The first-order valence-electron chi connectivity index (χ1n) is 6.09. The van der Waals surface area contributed by atoms with Crippen molar-refractivity contribution in [2.75, 3.05) is 6.54 Å². The number of aryl methyl sites for hydroxylation is 1. The minimum Gasteiger partial charge on any atom is -0.351 e. The van der Waals surface area contributed by atoms with Crippen LogP contribution in [-0.2, 0) is 0 Å². The van der Waals surface area contributed by atoms with E-state index in [1.807, 2.05) is 4.90 Å².